The summed E-state index contributed by atoms with van der Waals surface area (Å²) in [4.78, 5) is 19.3. The molecule has 0 radical (unpaired) electrons. The summed E-state index contributed by atoms with van der Waals surface area (Å²) in [5.74, 6) is 0.597. The monoisotopic (exact) mass is 712 g/mol. The van der Waals surface area contributed by atoms with Crippen molar-refractivity contribution in [2.75, 3.05) is 37.7 Å². The van der Waals surface area contributed by atoms with Crippen molar-refractivity contribution in [1.29, 1.82) is 0 Å². The predicted octanol–water partition coefficient (Wildman–Crippen LogP) is 6.84. The van der Waals surface area contributed by atoms with E-state index in [4.69, 9.17) is 24.4 Å². The third-order valence-electron chi connectivity index (χ3n) is 12.9. The molecular formula is C40H43F3N6O3. The second-order valence-corrected chi connectivity index (χ2v) is 16.3. The highest BCUT2D eigenvalue weighted by atomic mass is 19.1. The average molecular weight is 713 g/mol. The molecule has 12 heteroatoms. The number of nitrogens with one attached hydrogen (secondary N) is 1. The zero-order chi connectivity index (χ0) is 35.5. The van der Waals surface area contributed by atoms with Gasteiger partial charge in [0.25, 0.3) is 0 Å². The van der Waals surface area contributed by atoms with Crippen molar-refractivity contribution in [1.82, 2.24) is 25.2 Å². The van der Waals surface area contributed by atoms with Crippen LogP contribution in [0, 0.1) is 28.9 Å². The van der Waals surface area contributed by atoms with Crippen molar-refractivity contribution < 1.29 is 27.8 Å². The Hall–Kier alpha value is -4.16. The third-order valence-corrected chi connectivity index (χ3v) is 12.9. The molecule has 3 saturated heterocycles. The summed E-state index contributed by atoms with van der Waals surface area (Å²) >= 11 is 0. The fourth-order valence-corrected chi connectivity index (χ4v) is 10.3. The number of phenolic OH excluding ortho intramolecular Hbond substituents is 1. The lowest BCUT2D eigenvalue weighted by Crippen LogP contribution is -2.62. The smallest absolute Gasteiger partial charge is 0.319 e. The van der Waals surface area contributed by atoms with E-state index >= 15 is 8.78 Å². The lowest BCUT2D eigenvalue weighted by Gasteiger charge is -2.42. The zero-order valence-electron chi connectivity index (χ0n) is 29.5. The van der Waals surface area contributed by atoms with Crippen LogP contribution in [0.1, 0.15) is 57.9 Å². The van der Waals surface area contributed by atoms with Gasteiger partial charge in [-0.05, 0) is 104 Å². The van der Waals surface area contributed by atoms with Crippen LogP contribution in [-0.4, -0.2) is 82.0 Å². The molecule has 2 aliphatic carbocycles. The van der Waals surface area contributed by atoms with Gasteiger partial charge in [0.15, 0.2) is 5.82 Å². The van der Waals surface area contributed by atoms with Crippen molar-refractivity contribution in [2.45, 2.75) is 83.0 Å². The van der Waals surface area contributed by atoms with Crippen molar-refractivity contribution in [3.8, 4) is 28.9 Å². The standard InChI is InChI=1S/C40H43F3N6O3/c1-3-27-29(42)6-4-22-12-26(50)13-28(31(22)27)34-33(43)35-32-37(49-17-25-5-7-30(44-25)36(49)20(2)52-38(32)45-34)47-39(46-35)51-19-40(8-9-40)18-48-15-23-10-21(14-41)11-24(23)16-48/h4,6,12-14,20,23-25,30,36,44,50H,3,5,7-11,15-19H2,1-2H3/t20-,23?,24?,25+,30+,36+/m0/s1. The maximum atomic E-state index is 17.3. The Bertz CT molecular complexity index is 2140. The summed E-state index contributed by atoms with van der Waals surface area (Å²) < 4.78 is 58.8. The minimum Gasteiger partial charge on any atom is -0.508 e. The maximum absolute atomic E-state index is 17.3. The van der Waals surface area contributed by atoms with Crippen LogP contribution in [0.3, 0.4) is 0 Å². The summed E-state index contributed by atoms with van der Waals surface area (Å²) in [7, 11) is 0. The van der Waals surface area contributed by atoms with Gasteiger partial charge in [-0.3, -0.25) is 0 Å². The van der Waals surface area contributed by atoms with E-state index in [1.54, 1.807) is 12.1 Å². The minimum absolute atomic E-state index is 0.0265. The number of ether oxygens (including phenoxy) is 2. The van der Waals surface area contributed by atoms with Gasteiger partial charge in [0.1, 0.15) is 40.1 Å². The molecule has 52 heavy (non-hydrogen) atoms. The van der Waals surface area contributed by atoms with E-state index in [0.717, 1.165) is 70.1 Å². The Morgan fingerprint density at radius 3 is 2.62 bits per heavy atom. The van der Waals surface area contributed by atoms with E-state index in [9.17, 15) is 9.50 Å². The highest BCUT2D eigenvalue weighted by molar-refractivity contribution is 6.03. The van der Waals surface area contributed by atoms with Gasteiger partial charge >= 0.3 is 6.01 Å². The molecule has 4 aromatic rings. The SMILES string of the molecule is CCc1c(F)ccc2cc(O)cc(-c3nc4c5c(nc(OCC6(CN7CC8CC(=CF)CC8C7)CC6)nc5c3F)N3C[C@H]5CC[C@@H](N5)[C@H]3[C@H](C)O4)c12. The summed E-state index contributed by atoms with van der Waals surface area (Å²) in [6, 6.07) is 6.41. The number of piperazine rings is 1. The molecule has 10 rings (SSSR count). The summed E-state index contributed by atoms with van der Waals surface area (Å²) in [6.45, 7) is 7.80. The molecule has 0 spiro atoms. The lowest BCUT2D eigenvalue weighted by molar-refractivity contribution is 0.154. The molecule has 2 N–H and O–H groups in total. The number of hydrogen-bond acceptors (Lipinski definition) is 9. The summed E-state index contributed by atoms with van der Waals surface area (Å²) in [5, 5.41) is 16.0. The number of rotatable bonds is 7. The predicted molar refractivity (Wildman–Crippen MR) is 191 cm³/mol. The Morgan fingerprint density at radius 1 is 1.06 bits per heavy atom. The van der Waals surface area contributed by atoms with Gasteiger partial charge in [0.05, 0.1) is 19.0 Å². The topological polar surface area (TPSA) is 95.9 Å². The molecule has 6 heterocycles. The number of hydrogen-bond donors (Lipinski definition) is 2. The second-order valence-electron chi connectivity index (χ2n) is 16.3. The van der Waals surface area contributed by atoms with Crippen LogP contribution in [0.5, 0.6) is 17.6 Å². The van der Waals surface area contributed by atoms with E-state index < -0.39 is 11.6 Å². The van der Waals surface area contributed by atoms with Crippen LogP contribution >= 0.6 is 0 Å². The van der Waals surface area contributed by atoms with E-state index in [2.05, 4.69) is 15.1 Å². The van der Waals surface area contributed by atoms with Gasteiger partial charge in [-0.2, -0.15) is 9.97 Å². The summed E-state index contributed by atoms with van der Waals surface area (Å²) in [5.41, 5.74) is 1.54. The highest BCUT2D eigenvalue weighted by Crippen LogP contribution is 2.50. The molecule has 0 amide bonds. The number of benzene rings is 2. The van der Waals surface area contributed by atoms with Crippen molar-refractivity contribution in [3.63, 3.8) is 0 Å². The Balaban J connectivity index is 1.07. The fourth-order valence-electron chi connectivity index (χ4n) is 10.3. The number of allylic oxidation sites excluding steroid dienone is 1. The number of aromatic hydroxyl groups is 1. The largest absolute Gasteiger partial charge is 0.508 e. The van der Waals surface area contributed by atoms with Gasteiger partial charge in [-0.25, -0.2) is 18.2 Å². The van der Waals surface area contributed by atoms with Crippen LogP contribution in [0.15, 0.2) is 36.2 Å². The zero-order valence-corrected chi connectivity index (χ0v) is 29.5. The van der Waals surface area contributed by atoms with Crippen LogP contribution in [-0.2, 0) is 6.42 Å². The van der Waals surface area contributed by atoms with E-state index in [-0.39, 0.29) is 64.1 Å². The van der Waals surface area contributed by atoms with Gasteiger partial charge < -0.3 is 29.7 Å². The van der Waals surface area contributed by atoms with Crippen LogP contribution in [0.25, 0.3) is 32.9 Å². The highest BCUT2D eigenvalue weighted by Gasteiger charge is 2.49. The summed E-state index contributed by atoms with van der Waals surface area (Å²) in [6.07, 6.45) is 6.63. The molecule has 9 nitrogen and oxygen atoms in total. The second kappa shape index (κ2) is 11.9. The first kappa shape index (κ1) is 32.5. The molecule has 2 bridgehead atoms. The number of pyridine rings is 1. The normalized spacial score (nSPS) is 28.6. The number of likely N-dealkylation sites (tertiary alicyclic amines) is 1. The number of halogens is 3. The first-order valence-electron chi connectivity index (χ1n) is 18.9. The van der Waals surface area contributed by atoms with Gasteiger partial charge in [0.2, 0.25) is 5.88 Å². The molecular weight excluding hydrogens is 669 g/mol. The Kier molecular flexibility index (Phi) is 7.45. The number of fused-ring (bicyclic) bond motifs is 7. The molecule has 2 unspecified atom stereocenters. The van der Waals surface area contributed by atoms with E-state index in [1.807, 2.05) is 13.8 Å². The van der Waals surface area contributed by atoms with Crippen LogP contribution in [0.4, 0.5) is 19.0 Å². The number of aromatic nitrogens is 3. The number of phenols is 1. The number of anilines is 1. The lowest BCUT2D eigenvalue weighted by atomic mass is 9.94. The molecule has 272 valence electrons. The third kappa shape index (κ3) is 5.15. The van der Waals surface area contributed by atoms with Gasteiger partial charge in [0, 0.05) is 49.2 Å². The van der Waals surface area contributed by atoms with Crippen molar-refractivity contribution in [2.24, 2.45) is 17.3 Å². The number of nitrogens with zero attached hydrogens (tertiary/aromatic N) is 5. The Labute approximate surface area is 300 Å². The molecule has 2 aromatic carbocycles. The molecule has 2 aromatic heterocycles. The van der Waals surface area contributed by atoms with Crippen molar-refractivity contribution in [3.05, 3.63) is 53.4 Å². The van der Waals surface area contributed by atoms with E-state index in [1.165, 1.54) is 12.1 Å². The quantitative estimate of drug-likeness (QED) is 0.214. The number of aryl methyl sites for hydroxylation is 1. The van der Waals surface area contributed by atoms with Crippen LogP contribution in [0.2, 0.25) is 0 Å². The Morgan fingerprint density at radius 2 is 1.87 bits per heavy atom. The molecule has 5 fully saturated rings. The van der Waals surface area contributed by atoms with Crippen molar-refractivity contribution >= 4 is 27.5 Å². The van der Waals surface area contributed by atoms with E-state index in [0.29, 0.717) is 58.9 Å². The maximum Gasteiger partial charge on any atom is 0.319 e. The molecule has 6 aliphatic rings. The first-order valence-corrected chi connectivity index (χ1v) is 18.9. The average Bonchev–Trinajstić information content (AvgIpc) is 3.45. The first-order chi connectivity index (χ1) is 25.2. The van der Waals surface area contributed by atoms with Crippen LogP contribution < -0.4 is 19.7 Å². The van der Waals surface area contributed by atoms with Gasteiger partial charge in [-0.15, -0.1) is 0 Å². The molecule has 6 atom stereocenters. The molecule has 4 aliphatic heterocycles. The fraction of sp³-hybridized carbons (Fsp3) is 0.525. The minimum atomic E-state index is -0.704. The molecule has 2 saturated carbocycles. The van der Waals surface area contributed by atoms with Gasteiger partial charge in [-0.1, -0.05) is 13.0 Å².